The lowest BCUT2D eigenvalue weighted by atomic mass is 9.67. The van der Waals surface area contributed by atoms with Gasteiger partial charge in [-0.15, -0.1) is 0 Å². The first kappa shape index (κ1) is 29.5. The van der Waals surface area contributed by atoms with E-state index in [1.165, 1.54) is 10.1 Å². The van der Waals surface area contributed by atoms with Gasteiger partial charge >= 0.3 is 0 Å². The maximum absolute atomic E-state index is 13.3. The zero-order chi connectivity index (χ0) is 28.3. The fourth-order valence-corrected chi connectivity index (χ4v) is 8.30. The molecule has 3 atom stereocenters. The highest BCUT2D eigenvalue weighted by atomic mass is 16.5. The summed E-state index contributed by atoms with van der Waals surface area (Å²) in [5.74, 6) is 0.906. The first-order chi connectivity index (χ1) is 17.4. The monoisotopic (exact) mass is 530 g/mol. The van der Waals surface area contributed by atoms with Crippen molar-refractivity contribution in [1.82, 2.24) is 20.8 Å². The lowest BCUT2D eigenvalue weighted by molar-refractivity contribution is -0.129. The summed E-state index contributed by atoms with van der Waals surface area (Å²) in [6, 6.07) is -0.0349. The van der Waals surface area contributed by atoms with Crippen LogP contribution in [0.3, 0.4) is 0 Å². The normalized spacial score (nSPS) is 33.6. The number of hydrogen-bond acceptors (Lipinski definition) is 6. The highest BCUT2D eigenvalue weighted by molar-refractivity contribution is 5.93. The van der Waals surface area contributed by atoms with E-state index in [1.807, 2.05) is 55.4 Å². The average Bonchev–Trinajstić information content (AvgIpc) is 2.79. The Kier molecular flexibility index (Phi) is 7.89. The van der Waals surface area contributed by atoms with E-state index in [2.05, 4.69) is 16.7 Å². The maximum atomic E-state index is 13.3. The molecule has 0 aromatic rings. The van der Waals surface area contributed by atoms with Crippen molar-refractivity contribution >= 4 is 11.8 Å². The molecule has 4 aliphatic rings. The Balaban J connectivity index is 1.34. The van der Waals surface area contributed by atoms with Crippen molar-refractivity contribution in [2.75, 3.05) is 0 Å². The summed E-state index contributed by atoms with van der Waals surface area (Å²) in [6.45, 7) is 15.6. The molecule has 1 saturated carbocycles. The van der Waals surface area contributed by atoms with Gasteiger partial charge in [-0.05, 0) is 125 Å². The minimum atomic E-state index is -0.523. The summed E-state index contributed by atoms with van der Waals surface area (Å²) in [4.78, 5) is 26.6. The predicted octanol–water partition coefficient (Wildman–Crippen LogP) is 5.01. The highest BCUT2D eigenvalue weighted by Crippen LogP contribution is 2.44. The van der Waals surface area contributed by atoms with E-state index in [0.29, 0.717) is 43.9 Å². The minimum absolute atomic E-state index is 0.00273. The molecule has 0 aromatic carbocycles. The van der Waals surface area contributed by atoms with Gasteiger partial charge in [0.2, 0.25) is 11.8 Å². The number of hydroxylamine groups is 4. The van der Waals surface area contributed by atoms with E-state index in [-0.39, 0.29) is 29.8 Å². The van der Waals surface area contributed by atoms with Gasteiger partial charge < -0.3 is 31.2 Å². The second-order valence-corrected chi connectivity index (χ2v) is 15.2. The van der Waals surface area contributed by atoms with Gasteiger partial charge in [0.15, 0.2) is 0 Å². The molecule has 8 nitrogen and oxygen atoms in total. The SMILES string of the molecule is CC1(C)CC(NC(=O)C2=CCC3CCC(C(=O)NC4CC(C)(C)N([O-])C(C)(C)C4)CC3C2)CC(C)(C)N1[O-]. The summed E-state index contributed by atoms with van der Waals surface area (Å²) < 4.78 is 0. The summed E-state index contributed by atoms with van der Waals surface area (Å²) in [5, 5.41) is 34.3. The second-order valence-electron chi connectivity index (χ2n) is 15.2. The molecule has 2 heterocycles. The van der Waals surface area contributed by atoms with Crippen molar-refractivity contribution in [3.63, 3.8) is 0 Å². The van der Waals surface area contributed by atoms with Crippen LogP contribution in [-0.4, -0.2) is 56.2 Å². The fraction of sp³-hybridized carbons (Fsp3) is 0.867. The van der Waals surface area contributed by atoms with Crippen LogP contribution in [-0.2, 0) is 9.59 Å². The Morgan fingerprint density at radius 1 is 0.763 bits per heavy atom. The third kappa shape index (κ3) is 5.98. The average molecular weight is 531 g/mol. The molecule has 216 valence electrons. The number of carbonyl (C=O) groups excluding carboxylic acids is 2. The third-order valence-electron chi connectivity index (χ3n) is 9.82. The molecular formula is C30H50N4O4-2. The molecule has 3 fully saturated rings. The molecule has 2 aliphatic carbocycles. The van der Waals surface area contributed by atoms with Gasteiger partial charge in [-0.25, -0.2) is 0 Å². The molecule has 2 N–H and O–H groups in total. The molecule has 0 bridgehead atoms. The molecule has 0 spiro atoms. The zero-order valence-corrected chi connectivity index (χ0v) is 24.9. The van der Waals surface area contributed by atoms with E-state index in [4.69, 9.17) is 0 Å². The molecule has 38 heavy (non-hydrogen) atoms. The molecule has 8 heteroatoms. The van der Waals surface area contributed by atoms with Crippen LogP contribution >= 0.6 is 0 Å². The molecule has 2 amide bonds. The van der Waals surface area contributed by atoms with Gasteiger partial charge in [-0.2, -0.15) is 0 Å². The summed E-state index contributed by atoms with van der Waals surface area (Å²) in [6.07, 6.45) is 8.97. The Labute approximate surface area is 229 Å². The number of hydrogen-bond donors (Lipinski definition) is 2. The van der Waals surface area contributed by atoms with Crippen LogP contribution in [0.4, 0.5) is 0 Å². The summed E-state index contributed by atoms with van der Waals surface area (Å²) in [5.41, 5.74) is -1.24. The number of carbonyl (C=O) groups is 2. The number of nitrogens with one attached hydrogen (secondary N) is 2. The zero-order valence-electron chi connectivity index (χ0n) is 24.9. The molecule has 0 aromatic heterocycles. The quantitative estimate of drug-likeness (QED) is 0.529. The molecular weight excluding hydrogens is 480 g/mol. The van der Waals surface area contributed by atoms with Crippen molar-refractivity contribution in [2.24, 2.45) is 17.8 Å². The summed E-state index contributed by atoms with van der Waals surface area (Å²) in [7, 11) is 0. The number of piperidine rings is 2. The van der Waals surface area contributed by atoms with E-state index in [0.717, 1.165) is 31.3 Å². The van der Waals surface area contributed by atoms with Crippen LogP contribution in [0.5, 0.6) is 0 Å². The molecule has 2 aliphatic heterocycles. The summed E-state index contributed by atoms with van der Waals surface area (Å²) >= 11 is 0. The van der Waals surface area contributed by atoms with Gasteiger partial charge in [0, 0.05) is 45.7 Å². The van der Waals surface area contributed by atoms with Crippen molar-refractivity contribution in [1.29, 1.82) is 0 Å². The van der Waals surface area contributed by atoms with E-state index in [9.17, 15) is 20.0 Å². The van der Waals surface area contributed by atoms with Gasteiger partial charge in [0.25, 0.3) is 0 Å². The first-order valence-electron chi connectivity index (χ1n) is 14.7. The Bertz CT molecular complexity index is 920. The van der Waals surface area contributed by atoms with E-state index in [1.54, 1.807) is 0 Å². The first-order valence-corrected chi connectivity index (χ1v) is 14.7. The number of rotatable bonds is 4. The fourth-order valence-electron chi connectivity index (χ4n) is 8.30. The highest BCUT2D eigenvalue weighted by Gasteiger charge is 2.43. The van der Waals surface area contributed by atoms with E-state index < -0.39 is 22.2 Å². The number of amides is 2. The van der Waals surface area contributed by atoms with Crippen molar-refractivity contribution in [3.8, 4) is 0 Å². The van der Waals surface area contributed by atoms with E-state index >= 15 is 0 Å². The van der Waals surface area contributed by atoms with Crippen molar-refractivity contribution < 1.29 is 9.59 Å². The van der Waals surface area contributed by atoms with Gasteiger partial charge in [-0.3, -0.25) is 9.59 Å². The molecule has 2 saturated heterocycles. The van der Waals surface area contributed by atoms with Crippen LogP contribution < -0.4 is 10.6 Å². The lowest BCUT2D eigenvalue weighted by Gasteiger charge is -2.60. The van der Waals surface area contributed by atoms with Gasteiger partial charge in [-0.1, -0.05) is 6.08 Å². The topological polar surface area (TPSA) is 111 Å². The molecule has 3 unspecified atom stereocenters. The molecule has 4 rings (SSSR count). The second kappa shape index (κ2) is 10.2. The van der Waals surface area contributed by atoms with Gasteiger partial charge in [0.05, 0.1) is 0 Å². The predicted molar refractivity (Wildman–Crippen MR) is 151 cm³/mol. The number of nitrogens with zero attached hydrogens (tertiary/aromatic N) is 2. The van der Waals surface area contributed by atoms with Gasteiger partial charge in [0.1, 0.15) is 0 Å². The van der Waals surface area contributed by atoms with Crippen molar-refractivity contribution in [2.45, 2.75) is 147 Å². The maximum Gasteiger partial charge on any atom is 0.247 e. The largest absolute Gasteiger partial charge is 0.784 e. The molecule has 0 radical (unpaired) electrons. The number of fused-ring (bicyclic) bond motifs is 1. The Morgan fingerprint density at radius 2 is 1.24 bits per heavy atom. The third-order valence-corrected chi connectivity index (χ3v) is 9.82. The van der Waals surface area contributed by atoms with Crippen LogP contribution in [0.25, 0.3) is 0 Å². The van der Waals surface area contributed by atoms with Crippen LogP contribution in [0, 0.1) is 28.2 Å². The van der Waals surface area contributed by atoms with Crippen LogP contribution in [0.15, 0.2) is 11.6 Å². The standard InChI is InChI=1S/C30H50N4O4/c1-27(2)15-23(16-28(3,4)33(27)37)31-25(35)20-11-9-19-10-12-21(14-22(19)13-20)26(36)32-24-17-29(5,6)34(38)30(7,8)18-24/h11,19,21-24H,9-10,12-18H2,1-8H3,(H,31,35)(H,32,36)/q-2. The lowest BCUT2D eigenvalue weighted by Crippen LogP contribution is -2.62. The Morgan fingerprint density at radius 3 is 1.74 bits per heavy atom. The number of allylic oxidation sites excluding steroid dienone is 1. The minimum Gasteiger partial charge on any atom is -0.784 e. The van der Waals surface area contributed by atoms with Crippen LogP contribution in [0.2, 0.25) is 0 Å². The van der Waals surface area contributed by atoms with Crippen molar-refractivity contribution in [3.05, 3.63) is 22.1 Å². The van der Waals surface area contributed by atoms with Crippen LogP contribution in [0.1, 0.15) is 113 Å². The Hall–Kier alpha value is -1.48. The smallest absolute Gasteiger partial charge is 0.247 e.